The van der Waals surface area contributed by atoms with E-state index in [2.05, 4.69) is 24.1 Å². The molecule has 0 bridgehead atoms. The Morgan fingerprint density at radius 3 is 2.92 bits per heavy atom. The molecule has 0 amide bonds. The van der Waals surface area contributed by atoms with Gasteiger partial charge in [0.05, 0.1) is 0 Å². The maximum atomic E-state index is 10.0. The van der Waals surface area contributed by atoms with Crippen molar-refractivity contribution >= 4 is 6.29 Å². The predicted molar refractivity (Wildman–Crippen MR) is 49.8 cm³/mol. The van der Waals surface area contributed by atoms with E-state index in [-0.39, 0.29) is 0 Å². The van der Waals surface area contributed by atoms with E-state index >= 15 is 0 Å². The van der Waals surface area contributed by atoms with Crippen LogP contribution in [0, 0.1) is 0 Å². The highest BCUT2D eigenvalue weighted by molar-refractivity contribution is 5.49. The Labute approximate surface area is 74.2 Å². The number of unbranched alkanes of at least 4 members (excludes halogenated alkanes) is 1. The fourth-order valence-corrected chi connectivity index (χ4v) is 1.55. The number of hydrogen-bond donors (Lipinski definition) is 0. The first-order chi connectivity index (χ1) is 5.84. The summed E-state index contributed by atoms with van der Waals surface area (Å²) in [5.74, 6) is 0. The van der Waals surface area contributed by atoms with E-state index in [0.717, 1.165) is 12.7 Å². The van der Waals surface area contributed by atoms with Gasteiger partial charge in [0.2, 0.25) is 0 Å². The van der Waals surface area contributed by atoms with Gasteiger partial charge >= 0.3 is 0 Å². The molecule has 2 nitrogen and oxygen atoms in total. The summed E-state index contributed by atoms with van der Waals surface area (Å²) in [6, 6.07) is 0.692. The Bertz CT molecular complexity index is 165. The van der Waals surface area contributed by atoms with Gasteiger partial charge in [-0.3, -0.25) is 0 Å². The van der Waals surface area contributed by atoms with Crippen molar-refractivity contribution in [1.82, 2.24) is 4.90 Å². The molecule has 0 unspecified atom stereocenters. The van der Waals surface area contributed by atoms with Crippen molar-refractivity contribution in [2.45, 2.75) is 38.6 Å². The first-order valence-corrected chi connectivity index (χ1v) is 4.70. The molecular weight excluding hydrogens is 150 g/mol. The molecule has 12 heavy (non-hydrogen) atoms. The number of nitrogens with zero attached hydrogens (tertiary/aromatic N) is 1. The molecule has 1 heterocycles. The molecule has 0 saturated carbocycles. The van der Waals surface area contributed by atoms with Crippen molar-refractivity contribution < 1.29 is 4.79 Å². The van der Waals surface area contributed by atoms with Gasteiger partial charge < -0.3 is 9.69 Å². The maximum Gasteiger partial charge on any atom is 0.120 e. The summed E-state index contributed by atoms with van der Waals surface area (Å²) >= 11 is 0. The zero-order valence-electron chi connectivity index (χ0n) is 7.70. The Morgan fingerprint density at radius 1 is 1.50 bits per heavy atom. The highest BCUT2D eigenvalue weighted by Crippen LogP contribution is 2.16. The summed E-state index contributed by atoms with van der Waals surface area (Å²) in [5, 5.41) is 0. The third kappa shape index (κ3) is 2.68. The zero-order valence-corrected chi connectivity index (χ0v) is 7.70. The molecule has 0 aliphatic carbocycles. The molecule has 0 spiro atoms. The van der Waals surface area contributed by atoms with Gasteiger partial charge in [0.25, 0.3) is 0 Å². The van der Waals surface area contributed by atoms with Crippen LogP contribution in [-0.2, 0) is 4.79 Å². The number of carbonyl (C=O) groups is 1. The van der Waals surface area contributed by atoms with Gasteiger partial charge in [0, 0.05) is 19.0 Å². The second-order valence-electron chi connectivity index (χ2n) is 3.36. The lowest BCUT2D eigenvalue weighted by atomic mass is 10.2. The highest BCUT2D eigenvalue weighted by Gasteiger charge is 2.15. The van der Waals surface area contributed by atoms with Gasteiger partial charge in [-0.05, 0) is 32.4 Å². The fraction of sp³-hybridized carbons (Fsp3) is 0.700. The number of likely N-dealkylation sites (tertiary alicyclic amines) is 1. The Morgan fingerprint density at radius 2 is 2.33 bits per heavy atom. The van der Waals surface area contributed by atoms with Crippen LogP contribution in [-0.4, -0.2) is 23.8 Å². The van der Waals surface area contributed by atoms with Crippen molar-refractivity contribution in [3.63, 3.8) is 0 Å². The number of aldehydes is 1. The molecule has 0 aromatic rings. The molecule has 1 atom stereocenters. The Hall–Kier alpha value is -0.790. The molecule has 1 saturated heterocycles. The van der Waals surface area contributed by atoms with E-state index in [4.69, 9.17) is 0 Å². The average molecular weight is 167 g/mol. The zero-order chi connectivity index (χ0) is 8.81. The minimum Gasteiger partial charge on any atom is -0.375 e. The number of hydrogen-bond acceptors (Lipinski definition) is 2. The lowest BCUT2D eigenvalue weighted by Gasteiger charge is -2.17. The molecule has 1 rings (SSSR count). The quantitative estimate of drug-likeness (QED) is 0.471. The van der Waals surface area contributed by atoms with Crippen molar-refractivity contribution in [3.05, 3.63) is 12.3 Å². The Kier molecular flexibility index (Phi) is 3.85. The van der Waals surface area contributed by atoms with Gasteiger partial charge in [-0.1, -0.05) is 6.08 Å². The average Bonchev–Trinajstić information content (AvgIpc) is 2.46. The maximum absolute atomic E-state index is 10.0. The fourth-order valence-electron chi connectivity index (χ4n) is 1.55. The first-order valence-electron chi connectivity index (χ1n) is 4.70. The van der Waals surface area contributed by atoms with Crippen LogP contribution in [0.3, 0.4) is 0 Å². The molecule has 2 heteroatoms. The van der Waals surface area contributed by atoms with Crippen LogP contribution in [0.1, 0.15) is 32.6 Å². The molecule has 68 valence electrons. The largest absolute Gasteiger partial charge is 0.375 e. The standard InChI is InChI=1S/C10H17NO/c1-10-6-5-8-11(10)7-3-2-4-9-12/h3,7,9-10H,2,4-6,8H2,1H3/b7-3+/t10-/m0/s1. The van der Waals surface area contributed by atoms with E-state index in [1.807, 2.05) is 0 Å². The second-order valence-corrected chi connectivity index (χ2v) is 3.36. The topological polar surface area (TPSA) is 20.3 Å². The Balaban J connectivity index is 2.20. The van der Waals surface area contributed by atoms with Crippen molar-refractivity contribution in [2.24, 2.45) is 0 Å². The smallest absolute Gasteiger partial charge is 0.120 e. The normalized spacial score (nSPS) is 23.8. The van der Waals surface area contributed by atoms with Crippen molar-refractivity contribution in [1.29, 1.82) is 0 Å². The first kappa shape index (κ1) is 9.30. The van der Waals surface area contributed by atoms with Gasteiger partial charge in [0.15, 0.2) is 0 Å². The summed E-state index contributed by atoms with van der Waals surface area (Å²) in [4.78, 5) is 12.4. The summed E-state index contributed by atoms with van der Waals surface area (Å²) in [6.45, 7) is 3.43. The summed E-state index contributed by atoms with van der Waals surface area (Å²) in [5.41, 5.74) is 0. The monoisotopic (exact) mass is 167 g/mol. The minimum absolute atomic E-state index is 0.652. The van der Waals surface area contributed by atoms with Gasteiger partial charge in [-0.2, -0.15) is 0 Å². The van der Waals surface area contributed by atoms with Crippen LogP contribution in [0.2, 0.25) is 0 Å². The van der Waals surface area contributed by atoms with Crippen molar-refractivity contribution in [2.75, 3.05) is 6.54 Å². The minimum atomic E-state index is 0.652. The van der Waals surface area contributed by atoms with Crippen LogP contribution in [0.4, 0.5) is 0 Å². The molecule has 0 aromatic heterocycles. The van der Waals surface area contributed by atoms with Gasteiger partial charge in [-0.25, -0.2) is 0 Å². The summed E-state index contributed by atoms with van der Waals surface area (Å²) < 4.78 is 0. The SMILES string of the molecule is C[C@H]1CCCN1/C=C/CCC=O. The summed E-state index contributed by atoms with van der Waals surface area (Å²) in [6.07, 6.45) is 9.35. The number of allylic oxidation sites excluding steroid dienone is 1. The van der Waals surface area contributed by atoms with Crippen LogP contribution in [0.5, 0.6) is 0 Å². The second kappa shape index (κ2) is 4.96. The molecule has 0 radical (unpaired) electrons. The molecule has 0 aromatic carbocycles. The van der Waals surface area contributed by atoms with Gasteiger partial charge in [-0.15, -0.1) is 0 Å². The van der Waals surface area contributed by atoms with E-state index in [9.17, 15) is 4.79 Å². The van der Waals surface area contributed by atoms with Gasteiger partial charge in [0.1, 0.15) is 6.29 Å². The number of carbonyl (C=O) groups excluding carboxylic acids is 1. The lowest BCUT2D eigenvalue weighted by Crippen LogP contribution is -2.20. The third-order valence-electron chi connectivity index (χ3n) is 2.35. The third-order valence-corrected chi connectivity index (χ3v) is 2.35. The molecular formula is C10H17NO. The van der Waals surface area contributed by atoms with E-state index in [1.54, 1.807) is 0 Å². The van der Waals surface area contributed by atoms with Crippen LogP contribution in [0.25, 0.3) is 0 Å². The highest BCUT2D eigenvalue weighted by atomic mass is 16.1. The van der Waals surface area contributed by atoms with Crippen LogP contribution in [0.15, 0.2) is 12.3 Å². The molecule has 1 aliphatic rings. The molecule has 0 N–H and O–H groups in total. The van der Waals surface area contributed by atoms with E-state index < -0.39 is 0 Å². The molecule has 1 fully saturated rings. The summed E-state index contributed by atoms with van der Waals surface area (Å²) in [7, 11) is 0. The van der Waals surface area contributed by atoms with E-state index in [0.29, 0.717) is 12.5 Å². The predicted octanol–water partition coefficient (Wildman–Crippen LogP) is 1.96. The van der Waals surface area contributed by atoms with E-state index in [1.165, 1.54) is 19.4 Å². The van der Waals surface area contributed by atoms with Crippen LogP contribution >= 0.6 is 0 Å². The van der Waals surface area contributed by atoms with Crippen LogP contribution < -0.4 is 0 Å². The molecule has 1 aliphatic heterocycles. The number of rotatable bonds is 4. The lowest BCUT2D eigenvalue weighted by molar-refractivity contribution is -0.107. The van der Waals surface area contributed by atoms with Crippen molar-refractivity contribution in [3.8, 4) is 0 Å².